The maximum absolute atomic E-state index is 12.9. The molecule has 0 aromatic heterocycles. The molecule has 0 radical (unpaired) electrons. The van der Waals surface area contributed by atoms with Gasteiger partial charge in [0, 0.05) is 28.5 Å². The lowest BCUT2D eigenvalue weighted by molar-refractivity contribution is -0.136. The van der Waals surface area contributed by atoms with Crippen molar-refractivity contribution in [1.82, 2.24) is 15.5 Å². The van der Waals surface area contributed by atoms with Crippen LogP contribution in [0.15, 0.2) is 12.1 Å². The Labute approximate surface area is 157 Å². The van der Waals surface area contributed by atoms with Crippen molar-refractivity contribution in [3.8, 4) is 5.75 Å². The second-order valence-corrected chi connectivity index (χ2v) is 8.04. The van der Waals surface area contributed by atoms with Gasteiger partial charge in [0.2, 0.25) is 11.8 Å². The summed E-state index contributed by atoms with van der Waals surface area (Å²) in [6.45, 7) is 3.04. The molecule has 2 fully saturated rings. The average Bonchev–Trinajstić information content (AvgIpc) is 3.05. The first-order valence-corrected chi connectivity index (χ1v) is 9.74. The standard InChI is InChI=1S/C20H23N3O4/c24-16-5-4-15(18(25)22-16)23-10-13-12(19(23)26)2-3-14-17(13)27-11-20(14)6-1-8-21-9-7-20/h2-3,15,21H,1,4-11H2,(H,22,24,25). The van der Waals surface area contributed by atoms with Gasteiger partial charge < -0.3 is 15.0 Å². The van der Waals surface area contributed by atoms with E-state index >= 15 is 0 Å². The summed E-state index contributed by atoms with van der Waals surface area (Å²) in [5.41, 5.74) is 2.76. The molecule has 2 atom stereocenters. The highest BCUT2D eigenvalue weighted by Gasteiger charge is 2.46. The van der Waals surface area contributed by atoms with Crippen LogP contribution in [0.25, 0.3) is 0 Å². The number of imide groups is 1. The van der Waals surface area contributed by atoms with E-state index in [0.29, 0.717) is 25.1 Å². The number of hydrogen-bond donors (Lipinski definition) is 2. The molecule has 4 aliphatic rings. The zero-order chi connectivity index (χ0) is 18.6. The first kappa shape index (κ1) is 16.7. The number of hydrogen-bond acceptors (Lipinski definition) is 5. The Kier molecular flexibility index (Phi) is 3.75. The van der Waals surface area contributed by atoms with Gasteiger partial charge in [0.05, 0.1) is 13.2 Å². The lowest BCUT2D eigenvalue weighted by Crippen LogP contribution is -2.52. The molecule has 2 unspecified atom stereocenters. The Bertz CT molecular complexity index is 842. The van der Waals surface area contributed by atoms with E-state index < -0.39 is 6.04 Å². The van der Waals surface area contributed by atoms with Crippen LogP contribution in [-0.2, 0) is 21.5 Å². The molecule has 7 heteroatoms. The van der Waals surface area contributed by atoms with Gasteiger partial charge in [0.1, 0.15) is 11.8 Å². The van der Waals surface area contributed by atoms with Crippen molar-refractivity contribution >= 4 is 17.7 Å². The van der Waals surface area contributed by atoms with Crippen LogP contribution in [-0.4, -0.2) is 48.4 Å². The first-order valence-electron chi connectivity index (χ1n) is 9.74. The molecule has 1 spiro atoms. The zero-order valence-corrected chi connectivity index (χ0v) is 15.2. The number of ether oxygens (including phenoxy) is 1. The van der Waals surface area contributed by atoms with E-state index in [1.54, 1.807) is 4.90 Å². The molecule has 27 heavy (non-hydrogen) atoms. The van der Waals surface area contributed by atoms with Crippen LogP contribution < -0.4 is 15.4 Å². The van der Waals surface area contributed by atoms with Gasteiger partial charge in [-0.05, 0) is 44.8 Å². The van der Waals surface area contributed by atoms with E-state index in [1.807, 2.05) is 6.07 Å². The monoisotopic (exact) mass is 369 g/mol. The van der Waals surface area contributed by atoms with Gasteiger partial charge in [0.25, 0.3) is 5.91 Å². The molecular formula is C20H23N3O4. The van der Waals surface area contributed by atoms with Crippen molar-refractivity contribution in [3.63, 3.8) is 0 Å². The number of carbonyl (C=O) groups is 3. The lowest BCUT2D eigenvalue weighted by Gasteiger charge is -2.29. The van der Waals surface area contributed by atoms with Gasteiger partial charge >= 0.3 is 0 Å². The Morgan fingerprint density at radius 2 is 2.04 bits per heavy atom. The van der Waals surface area contributed by atoms with Crippen LogP contribution in [0.3, 0.4) is 0 Å². The summed E-state index contributed by atoms with van der Waals surface area (Å²) in [6, 6.07) is 3.37. The first-order chi connectivity index (χ1) is 13.1. The second kappa shape index (κ2) is 6.05. The minimum absolute atomic E-state index is 0.0267. The summed E-state index contributed by atoms with van der Waals surface area (Å²) in [5.74, 6) is 0.0526. The summed E-state index contributed by atoms with van der Waals surface area (Å²) in [6.07, 6.45) is 3.87. The highest BCUT2D eigenvalue weighted by atomic mass is 16.5. The molecule has 142 valence electrons. The molecular weight excluding hydrogens is 346 g/mol. The summed E-state index contributed by atoms with van der Waals surface area (Å²) in [5, 5.41) is 5.81. The van der Waals surface area contributed by atoms with Gasteiger partial charge in [0.15, 0.2) is 0 Å². The van der Waals surface area contributed by atoms with Crippen LogP contribution >= 0.6 is 0 Å². The fraction of sp³-hybridized carbons (Fsp3) is 0.550. The van der Waals surface area contributed by atoms with E-state index in [-0.39, 0.29) is 29.6 Å². The molecule has 2 N–H and O–H groups in total. The Morgan fingerprint density at radius 1 is 1.15 bits per heavy atom. The molecule has 0 saturated carbocycles. The van der Waals surface area contributed by atoms with Crippen molar-refractivity contribution in [1.29, 1.82) is 0 Å². The number of rotatable bonds is 1. The van der Waals surface area contributed by atoms with Crippen molar-refractivity contribution in [2.24, 2.45) is 0 Å². The molecule has 2 saturated heterocycles. The van der Waals surface area contributed by atoms with Crippen molar-refractivity contribution < 1.29 is 19.1 Å². The molecule has 1 aromatic carbocycles. The lowest BCUT2D eigenvalue weighted by atomic mass is 9.75. The molecule has 7 nitrogen and oxygen atoms in total. The zero-order valence-electron chi connectivity index (χ0n) is 15.2. The van der Waals surface area contributed by atoms with Gasteiger partial charge in [-0.3, -0.25) is 19.7 Å². The highest BCUT2D eigenvalue weighted by Crippen LogP contribution is 2.49. The number of fused-ring (bicyclic) bond motifs is 4. The van der Waals surface area contributed by atoms with Crippen LogP contribution in [0, 0.1) is 0 Å². The Balaban J connectivity index is 1.48. The molecule has 0 bridgehead atoms. The summed E-state index contributed by atoms with van der Waals surface area (Å²) < 4.78 is 6.16. The van der Waals surface area contributed by atoms with Gasteiger partial charge in [-0.2, -0.15) is 0 Å². The summed E-state index contributed by atoms with van der Waals surface area (Å²) >= 11 is 0. The van der Waals surface area contributed by atoms with Crippen molar-refractivity contribution in [3.05, 3.63) is 28.8 Å². The normalized spacial score (nSPS) is 30.0. The molecule has 5 rings (SSSR count). The van der Waals surface area contributed by atoms with E-state index in [0.717, 1.165) is 43.7 Å². The van der Waals surface area contributed by atoms with E-state index in [4.69, 9.17) is 4.74 Å². The quantitative estimate of drug-likeness (QED) is 0.717. The van der Waals surface area contributed by atoms with E-state index in [9.17, 15) is 14.4 Å². The smallest absolute Gasteiger partial charge is 0.255 e. The number of nitrogens with one attached hydrogen (secondary N) is 2. The SMILES string of the molecule is O=C1CCC(N2Cc3c(ccc4c3OCC43CCCNCC3)C2=O)C(=O)N1. The third kappa shape index (κ3) is 2.48. The summed E-state index contributed by atoms with van der Waals surface area (Å²) in [4.78, 5) is 38.2. The van der Waals surface area contributed by atoms with Crippen molar-refractivity contribution in [2.45, 2.75) is 50.1 Å². The average molecular weight is 369 g/mol. The third-order valence-electron chi connectivity index (χ3n) is 6.52. The predicted octanol–water partition coefficient (Wildman–Crippen LogP) is 0.851. The Morgan fingerprint density at radius 3 is 2.89 bits per heavy atom. The molecule has 1 aromatic rings. The molecule has 4 heterocycles. The molecule has 4 aliphatic heterocycles. The fourth-order valence-electron chi connectivity index (χ4n) is 5.03. The predicted molar refractivity (Wildman–Crippen MR) is 96.4 cm³/mol. The molecule has 3 amide bonds. The van der Waals surface area contributed by atoms with Gasteiger partial charge in [-0.25, -0.2) is 0 Å². The van der Waals surface area contributed by atoms with E-state index in [1.165, 1.54) is 5.56 Å². The topological polar surface area (TPSA) is 87.7 Å². The van der Waals surface area contributed by atoms with Crippen molar-refractivity contribution in [2.75, 3.05) is 19.7 Å². The maximum Gasteiger partial charge on any atom is 0.255 e. The number of benzene rings is 1. The van der Waals surface area contributed by atoms with Crippen LogP contribution in [0.1, 0.15) is 53.6 Å². The Hall–Kier alpha value is -2.41. The van der Waals surface area contributed by atoms with Gasteiger partial charge in [-0.1, -0.05) is 6.07 Å². The minimum atomic E-state index is -0.587. The second-order valence-electron chi connectivity index (χ2n) is 8.04. The highest BCUT2D eigenvalue weighted by molar-refractivity contribution is 6.05. The van der Waals surface area contributed by atoms with Crippen LogP contribution in [0.5, 0.6) is 5.75 Å². The van der Waals surface area contributed by atoms with Crippen LogP contribution in [0.2, 0.25) is 0 Å². The third-order valence-corrected chi connectivity index (χ3v) is 6.52. The van der Waals surface area contributed by atoms with Crippen LogP contribution in [0.4, 0.5) is 0 Å². The number of nitrogens with zero attached hydrogens (tertiary/aromatic N) is 1. The fourth-order valence-corrected chi connectivity index (χ4v) is 5.03. The number of piperidine rings is 1. The minimum Gasteiger partial charge on any atom is -0.492 e. The molecule has 0 aliphatic carbocycles. The van der Waals surface area contributed by atoms with E-state index in [2.05, 4.69) is 16.7 Å². The summed E-state index contributed by atoms with van der Waals surface area (Å²) in [7, 11) is 0. The number of carbonyl (C=O) groups excluding carboxylic acids is 3. The number of amides is 3. The van der Waals surface area contributed by atoms with Gasteiger partial charge in [-0.15, -0.1) is 0 Å². The maximum atomic E-state index is 12.9. The largest absolute Gasteiger partial charge is 0.492 e.